The molecule has 0 amide bonds. The first-order valence-corrected chi connectivity index (χ1v) is 18.0. The van der Waals surface area contributed by atoms with Gasteiger partial charge in [-0.25, -0.2) is 9.97 Å². The highest BCUT2D eigenvalue weighted by atomic mass is 16.6. The fourth-order valence-electron chi connectivity index (χ4n) is 7.84. The van der Waals surface area contributed by atoms with Crippen LogP contribution in [-0.4, -0.2) is 9.97 Å². The summed E-state index contributed by atoms with van der Waals surface area (Å²) in [6.07, 6.45) is 0. The second kappa shape index (κ2) is 12.2. The maximum absolute atomic E-state index is 6.95. The van der Waals surface area contributed by atoms with E-state index < -0.39 is 0 Å². The summed E-state index contributed by atoms with van der Waals surface area (Å²) < 4.78 is 13.5. The van der Waals surface area contributed by atoms with Crippen LogP contribution in [0.25, 0.3) is 67.3 Å². The number of hydrogen-bond donors (Lipinski definition) is 0. The third-order valence-electron chi connectivity index (χ3n) is 10.6. The van der Waals surface area contributed by atoms with Gasteiger partial charge in [-0.2, -0.15) is 0 Å². The number of fused-ring (bicyclic) bond motifs is 6. The van der Waals surface area contributed by atoms with Crippen LogP contribution in [0.4, 0.5) is 0 Å². The number of rotatable bonds is 5. The van der Waals surface area contributed by atoms with E-state index in [1.807, 2.05) is 42.5 Å². The normalized spacial score (nSPS) is 13.2. The molecule has 1 aliphatic heterocycles. The third-order valence-corrected chi connectivity index (χ3v) is 10.6. The van der Waals surface area contributed by atoms with E-state index in [-0.39, 0.29) is 5.41 Å². The smallest absolute Gasteiger partial charge is 0.178 e. The molecular weight excluding hydrogens is 649 g/mol. The van der Waals surface area contributed by atoms with Gasteiger partial charge in [0.05, 0.1) is 11.4 Å². The minimum Gasteiger partial charge on any atom is -0.449 e. The Bertz CT molecular complexity index is 2680. The summed E-state index contributed by atoms with van der Waals surface area (Å²) in [7, 11) is 0. The molecule has 0 saturated heterocycles. The van der Waals surface area contributed by atoms with Gasteiger partial charge in [-0.05, 0) is 57.6 Å². The number of hydrogen-bond acceptors (Lipinski definition) is 4. The van der Waals surface area contributed by atoms with E-state index in [9.17, 15) is 0 Å². The molecule has 4 nitrogen and oxygen atoms in total. The van der Waals surface area contributed by atoms with Crippen molar-refractivity contribution < 1.29 is 9.47 Å². The van der Waals surface area contributed by atoms with Crippen LogP contribution in [0.15, 0.2) is 170 Å². The van der Waals surface area contributed by atoms with Gasteiger partial charge in [0.1, 0.15) is 0 Å². The maximum atomic E-state index is 6.95. The van der Waals surface area contributed by atoms with Gasteiger partial charge in [-0.15, -0.1) is 0 Å². The summed E-state index contributed by atoms with van der Waals surface area (Å²) in [5.74, 6) is 3.57. The van der Waals surface area contributed by atoms with Crippen LogP contribution in [0.5, 0.6) is 23.0 Å². The zero-order valence-electron chi connectivity index (χ0n) is 29.4. The number of para-hydroxylation sites is 1. The molecule has 2 heterocycles. The molecule has 7 aromatic carbocycles. The highest BCUT2D eigenvalue weighted by molar-refractivity contribution is 5.89. The van der Waals surface area contributed by atoms with Gasteiger partial charge in [0.15, 0.2) is 28.8 Å². The van der Waals surface area contributed by atoms with Gasteiger partial charge < -0.3 is 9.47 Å². The fraction of sp³-hybridized carbons (Fsp3) is 0.0612. The quantitative estimate of drug-likeness (QED) is 0.181. The number of aromatic nitrogens is 2. The van der Waals surface area contributed by atoms with Crippen molar-refractivity contribution in [2.24, 2.45) is 0 Å². The Morgan fingerprint density at radius 2 is 0.981 bits per heavy atom. The first-order valence-electron chi connectivity index (χ1n) is 18.0. The molecule has 0 spiro atoms. The summed E-state index contributed by atoms with van der Waals surface area (Å²) in [5, 5.41) is 0. The molecule has 0 N–H and O–H groups in total. The van der Waals surface area contributed by atoms with Crippen molar-refractivity contribution in [2.45, 2.75) is 19.3 Å². The molecule has 0 unspecified atom stereocenters. The Hall–Kier alpha value is -6.78. The molecule has 4 heteroatoms. The van der Waals surface area contributed by atoms with E-state index in [1.165, 1.54) is 22.3 Å². The molecule has 0 fully saturated rings. The summed E-state index contributed by atoms with van der Waals surface area (Å²) in [6, 6.07) is 58.7. The summed E-state index contributed by atoms with van der Waals surface area (Å²) in [5.41, 5.74) is 13.7. The minimum atomic E-state index is -0.141. The number of ether oxygens (including phenoxy) is 2. The van der Waals surface area contributed by atoms with E-state index in [4.69, 9.17) is 19.4 Å². The minimum absolute atomic E-state index is 0.141. The van der Waals surface area contributed by atoms with Gasteiger partial charge in [-0.1, -0.05) is 159 Å². The monoisotopic (exact) mass is 682 g/mol. The molecule has 8 aromatic rings. The molecule has 1 aromatic heterocycles. The molecule has 1 aliphatic carbocycles. The molecule has 252 valence electrons. The number of benzene rings is 7. The highest BCUT2D eigenvalue weighted by Crippen LogP contribution is 2.59. The van der Waals surface area contributed by atoms with Crippen molar-refractivity contribution >= 4 is 0 Å². The Morgan fingerprint density at radius 1 is 0.396 bits per heavy atom. The van der Waals surface area contributed by atoms with Crippen molar-refractivity contribution in [1.82, 2.24) is 9.97 Å². The van der Waals surface area contributed by atoms with E-state index >= 15 is 0 Å². The van der Waals surface area contributed by atoms with Gasteiger partial charge in [0.25, 0.3) is 0 Å². The van der Waals surface area contributed by atoms with Crippen LogP contribution in [0, 0.1) is 0 Å². The van der Waals surface area contributed by atoms with Crippen LogP contribution in [0.1, 0.15) is 25.0 Å². The molecule has 2 aliphatic rings. The van der Waals surface area contributed by atoms with Crippen molar-refractivity contribution in [1.29, 1.82) is 0 Å². The lowest BCUT2D eigenvalue weighted by Crippen LogP contribution is -2.15. The Labute approximate surface area is 309 Å². The first kappa shape index (κ1) is 31.0. The van der Waals surface area contributed by atoms with Crippen LogP contribution < -0.4 is 9.47 Å². The van der Waals surface area contributed by atoms with Gasteiger partial charge in [-0.3, -0.25) is 0 Å². The van der Waals surface area contributed by atoms with Gasteiger partial charge in [0, 0.05) is 33.2 Å². The standard InChI is InChI=1S/C49H34N2O2/c1-49(2)39-21-10-9-19-38(39)45-40(49)27-28-44-47(45)53-46-37(20-12-22-43(46)52-44)35-17-11-18-36(29-35)42-30-41(33-15-7-4-8-16-33)50-48(51-42)34-25-23-32(24-26-34)31-13-5-3-6-14-31/h3-30H,1-2H3. The Kier molecular flexibility index (Phi) is 7.12. The predicted octanol–water partition coefficient (Wildman–Crippen LogP) is 13.0. The Balaban J connectivity index is 1.06. The molecule has 0 radical (unpaired) electrons. The lowest BCUT2D eigenvalue weighted by Gasteiger charge is -2.26. The second-order valence-corrected chi connectivity index (χ2v) is 14.2. The van der Waals surface area contributed by atoms with Crippen molar-refractivity contribution in [3.63, 3.8) is 0 Å². The summed E-state index contributed by atoms with van der Waals surface area (Å²) in [4.78, 5) is 10.2. The second-order valence-electron chi connectivity index (χ2n) is 14.2. The maximum Gasteiger partial charge on any atom is 0.178 e. The van der Waals surface area contributed by atoms with Crippen molar-refractivity contribution in [3.05, 3.63) is 181 Å². The Morgan fingerprint density at radius 3 is 1.77 bits per heavy atom. The van der Waals surface area contributed by atoms with E-state index in [1.54, 1.807) is 0 Å². The van der Waals surface area contributed by atoms with Crippen molar-refractivity contribution in [2.75, 3.05) is 0 Å². The largest absolute Gasteiger partial charge is 0.449 e. The topological polar surface area (TPSA) is 44.2 Å². The van der Waals surface area contributed by atoms with Crippen LogP contribution in [-0.2, 0) is 5.41 Å². The van der Waals surface area contributed by atoms with Gasteiger partial charge >= 0.3 is 0 Å². The molecule has 0 atom stereocenters. The summed E-state index contributed by atoms with van der Waals surface area (Å²) in [6.45, 7) is 4.56. The zero-order valence-corrected chi connectivity index (χ0v) is 29.4. The average Bonchev–Trinajstić information content (AvgIpc) is 3.46. The molecule has 10 rings (SSSR count). The van der Waals surface area contributed by atoms with E-state index in [0.29, 0.717) is 17.3 Å². The van der Waals surface area contributed by atoms with E-state index in [2.05, 4.69) is 141 Å². The molecular formula is C49H34N2O2. The fourth-order valence-corrected chi connectivity index (χ4v) is 7.84. The van der Waals surface area contributed by atoms with Crippen LogP contribution >= 0.6 is 0 Å². The van der Waals surface area contributed by atoms with E-state index in [0.717, 1.165) is 61.8 Å². The zero-order chi connectivity index (χ0) is 35.5. The highest BCUT2D eigenvalue weighted by Gasteiger charge is 2.39. The molecule has 0 bridgehead atoms. The first-order chi connectivity index (χ1) is 26.0. The van der Waals surface area contributed by atoms with Gasteiger partial charge in [0.2, 0.25) is 0 Å². The summed E-state index contributed by atoms with van der Waals surface area (Å²) >= 11 is 0. The van der Waals surface area contributed by atoms with Crippen LogP contribution in [0.2, 0.25) is 0 Å². The lowest BCUT2D eigenvalue weighted by atomic mass is 9.82. The van der Waals surface area contributed by atoms with Crippen LogP contribution in [0.3, 0.4) is 0 Å². The predicted molar refractivity (Wildman–Crippen MR) is 213 cm³/mol. The number of nitrogens with zero attached hydrogens (tertiary/aromatic N) is 2. The van der Waals surface area contributed by atoms with Crippen molar-refractivity contribution in [3.8, 4) is 90.3 Å². The molecule has 53 heavy (non-hydrogen) atoms. The molecule has 0 saturated carbocycles. The SMILES string of the molecule is CC1(C)c2ccccc2-c2c1ccc1c2Oc2c(cccc2-c2cccc(-c3cc(-c4ccccc4)nc(-c4ccc(-c5ccccc5)cc4)n3)c2)O1. The lowest BCUT2D eigenvalue weighted by molar-refractivity contribution is 0.361. The average molecular weight is 683 g/mol. The third kappa shape index (κ3) is 5.22.